The van der Waals surface area contributed by atoms with Crippen molar-refractivity contribution >= 4 is 17.3 Å². The van der Waals surface area contributed by atoms with Crippen molar-refractivity contribution in [1.29, 1.82) is 0 Å². The molecule has 1 aliphatic rings. The van der Waals surface area contributed by atoms with E-state index in [-0.39, 0.29) is 0 Å². The Labute approximate surface area is 127 Å². The third-order valence-electron chi connectivity index (χ3n) is 4.02. The van der Waals surface area contributed by atoms with Crippen molar-refractivity contribution in [3.8, 4) is 0 Å². The number of hydrogen-bond acceptors (Lipinski definition) is 3. The number of hydrogen-bond donors (Lipinski definition) is 1. The molecular weight excluding hydrogens is 270 g/mol. The second kappa shape index (κ2) is 6.79. The molecule has 1 heterocycles. The summed E-state index contributed by atoms with van der Waals surface area (Å²) in [6.45, 7) is 7.35. The molecule has 1 atom stereocenters. The monoisotopic (exact) mass is 295 g/mol. The number of benzene rings is 1. The van der Waals surface area contributed by atoms with Crippen LogP contribution in [0, 0.1) is 0 Å². The molecule has 0 bridgehead atoms. The van der Waals surface area contributed by atoms with Gasteiger partial charge in [-0.1, -0.05) is 31.5 Å². The SMILES string of the molecule is CC(C)NCc1c(Cl)cccc1N1CCC(N(C)C)C1. The fourth-order valence-corrected chi connectivity index (χ4v) is 2.94. The van der Waals surface area contributed by atoms with Crippen LogP contribution in [0.5, 0.6) is 0 Å². The van der Waals surface area contributed by atoms with Crippen molar-refractivity contribution in [3.05, 3.63) is 28.8 Å². The van der Waals surface area contributed by atoms with Gasteiger partial charge in [0.2, 0.25) is 0 Å². The molecule has 0 amide bonds. The smallest absolute Gasteiger partial charge is 0.0471 e. The standard InChI is InChI=1S/C16H26ClN3/c1-12(2)18-10-14-15(17)6-5-7-16(14)20-9-8-13(11-20)19(3)4/h5-7,12-13,18H,8-11H2,1-4H3. The van der Waals surface area contributed by atoms with Crippen molar-refractivity contribution in [2.24, 2.45) is 0 Å². The van der Waals surface area contributed by atoms with Crippen LogP contribution in [-0.2, 0) is 6.54 Å². The third kappa shape index (κ3) is 3.66. The Morgan fingerprint density at radius 2 is 2.15 bits per heavy atom. The maximum absolute atomic E-state index is 6.41. The lowest BCUT2D eigenvalue weighted by molar-refractivity contribution is 0.315. The van der Waals surface area contributed by atoms with E-state index in [0.717, 1.165) is 24.7 Å². The van der Waals surface area contributed by atoms with Crippen molar-refractivity contribution in [3.63, 3.8) is 0 Å². The summed E-state index contributed by atoms with van der Waals surface area (Å²) >= 11 is 6.41. The molecule has 2 rings (SSSR count). The molecule has 0 aromatic heterocycles. The largest absolute Gasteiger partial charge is 0.370 e. The lowest BCUT2D eigenvalue weighted by Gasteiger charge is -2.25. The summed E-state index contributed by atoms with van der Waals surface area (Å²) in [5, 5.41) is 4.34. The normalized spacial score (nSPS) is 19.4. The van der Waals surface area contributed by atoms with Crippen LogP contribution in [0.25, 0.3) is 0 Å². The van der Waals surface area contributed by atoms with E-state index in [1.165, 1.54) is 17.7 Å². The first-order valence-electron chi connectivity index (χ1n) is 7.41. The average molecular weight is 296 g/mol. The number of nitrogens with one attached hydrogen (secondary N) is 1. The third-order valence-corrected chi connectivity index (χ3v) is 4.37. The second-order valence-electron chi connectivity index (χ2n) is 6.13. The molecule has 1 aromatic rings. The lowest BCUT2D eigenvalue weighted by atomic mass is 10.1. The Balaban J connectivity index is 2.17. The van der Waals surface area contributed by atoms with Gasteiger partial charge in [0.05, 0.1) is 0 Å². The molecule has 1 fully saturated rings. The van der Waals surface area contributed by atoms with Gasteiger partial charge in [0, 0.05) is 48.0 Å². The summed E-state index contributed by atoms with van der Waals surface area (Å²) in [7, 11) is 4.32. The molecule has 1 aromatic carbocycles. The van der Waals surface area contributed by atoms with Gasteiger partial charge in [-0.3, -0.25) is 0 Å². The van der Waals surface area contributed by atoms with Crippen molar-refractivity contribution in [1.82, 2.24) is 10.2 Å². The maximum Gasteiger partial charge on any atom is 0.0471 e. The summed E-state index contributed by atoms with van der Waals surface area (Å²) in [5.41, 5.74) is 2.51. The minimum Gasteiger partial charge on any atom is -0.370 e. The molecule has 1 aliphatic heterocycles. The number of nitrogens with zero attached hydrogens (tertiary/aromatic N) is 2. The van der Waals surface area contributed by atoms with Crippen LogP contribution < -0.4 is 10.2 Å². The molecule has 4 heteroatoms. The van der Waals surface area contributed by atoms with Gasteiger partial charge in [-0.2, -0.15) is 0 Å². The molecule has 3 nitrogen and oxygen atoms in total. The molecule has 112 valence electrons. The zero-order valence-electron chi connectivity index (χ0n) is 13.0. The maximum atomic E-state index is 6.41. The zero-order chi connectivity index (χ0) is 14.7. The molecular formula is C16H26ClN3. The van der Waals surface area contributed by atoms with Gasteiger partial charge in [0.25, 0.3) is 0 Å². The van der Waals surface area contributed by atoms with Gasteiger partial charge in [0.1, 0.15) is 0 Å². The number of halogens is 1. The summed E-state index contributed by atoms with van der Waals surface area (Å²) in [5.74, 6) is 0. The van der Waals surface area contributed by atoms with Gasteiger partial charge in [-0.25, -0.2) is 0 Å². The lowest BCUT2D eigenvalue weighted by Crippen LogP contribution is -2.32. The highest BCUT2D eigenvalue weighted by Gasteiger charge is 2.25. The predicted octanol–water partition coefficient (Wildman–Crippen LogP) is 2.98. The second-order valence-corrected chi connectivity index (χ2v) is 6.53. The fraction of sp³-hybridized carbons (Fsp3) is 0.625. The fourth-order valence-electron chi connectivity index (χ4n) is 2.71. The Hall–Kier alpha value is -0.770. The van der Waals surface area contributed by atoms with Crippen LogP contribution in [0.1, 0.15) is 25.8 Å². The van der Waals surface area contributed by atoms with Gasteiger partial charge < -0.3 is 15.1 Å². The highest BCUT2D eigenvalue weighted by atomic mass is 35.5. The molecule has 0 aliphatic carbocycles. The minimum absolute atomic E-state index is 0.465. The predicted molar refractivity (Wildman–Crippen MR) is 87.7 cm³/mol. The molecule has 0 saturated carbocycles. The van der Waals surface area contributed by atoms with E-state index in [9.17, 15) is 0 Å². The highest BCUT2D eigenvalue weighted by molar-refractivity contribution is 6.31. The van der Waals surface area contributed by atoms with Crippen LogP contribution in [0.3, 0.4) is 0 Å². The van der Waals surface area contributed by atoms with E-state index in [0.29, 0.717) is 12.1 Å². The first-order chi connectivity index (χ1) is 9.49. The molecule has 1 N–H and O–H groups in total. The van der Waals surface area contributed by atoms with E-state index in [1.54, 1.807) is 0 Å². The summed E-state index contributed by atoms with van der Waals surface area (Å²) < 4.78 is 0. The van der Waals surface area contributed by atoms with Gasteiger partial charge >= 0.3 is 0 Å². The quantitative estimate of drug-likeness (QED) is 0.901. The Kier molecular flexibility index (Phi) is 5.30. The Morgan fingerprint density at radius 3 is 2.75 bits per heavy atom. The van der Waals surface area contributed by atoms with E-state index in [4.69, 9.17) is 11.6 Å². The van der Waals surface area contributed by atoms with Gasteiger partial charge in [0.15, 0.2) is 0 Å². The molecule has 1 saturated heterocycles. The van der Waals surface area contributed by atoms with Crippen LogP contribution in [-0.4, -0.2) is 44.2 Å². The van der Waals surface area contributed by atoms with E-state index in [2.05, 4.69) is 55.2 Å². The van der Waals surface area contributed by atoms with Crippen molar-refractivity contribution in [2.45, 2.75) is 38.9 Å². The molecule has 0 radical (unpaired) electrons. The summed E-state index contributed by atoms with van der Waals surface area (Å²) in [4.78, 5) is 4.78. The number of anilines is 1. The van der Waals surface area contributed by atoms with Gasteiger partial charge in [-0.15, -0.1) is 0 Å². The number of likely N-dealkylation sites (N-methyl/N-ethyl adjacent to an activating group) is 1. The van der Waals surface area contributed by atoms with Gasteiger partial charge in [-0.05, 0) is 32.6 Å². The van der Waals surface area contributed by atoms with E-state index in [1.807, 2.05) is 6.07 Å². The van der Waals surface area contributed by atoms with E-state index >= 15 is 0 Å². The van der Waals surface area contributed by atoms with Crippen molar-refractivity contribution < 1.29 is 0 Å². The zero-order valence-corrected chi connectivity index (χ0v) is 13.7. The van der Waals surface area contributed by atoms with Crippen LogP contribution in [0.15, 0.2) is 18.2 Å². The Morgan fingerprint density at radius 1 is 1.40 bits per heavy atom. The average Bonchev–Trinajstić information content (AvgIpc) is 2.86. The van der Waals surface area contributed by atoms with Crippen molar-refractivity contribution in [2.75, 3.05) is 32.1 Å². The first-order valence-corrected chi connectivity index (χ1v) is 7.79. The Bertz CT molecular complexity index is 445. The van der Waals surface area contributed by atoms with Crippen LogP contribution >= 0.6 is 11.6 Å². The number of rotatable bonds is 5. The van der Waals surface area contributed by atoms with Crippen LogP contribution in [0.4, 0.5) is 5.69 Å². The first kappa shape index (κ1) is 15.6. The summed E-state index contributed by atoms with van der Waals surface area (Å²) in [6, 6.07) is 7.34. The van der Waals surface area contributed by atoms with Crippen LogP contribution in [0.2, 0.25) is 5.02 Å². The molecule has 0 spiro atoms. The highest BCUT2D eigenvalue weighted by Crippen LogP contribution is 2.30. The van der Waals surface area contributed by atoms with E-state index < -0.39 is 0 Å². The summed E-state index contributed by atoms with van der Waals surface area (Å²) in [6.07, 6.45) is 1.22. The minimum atomic E-state index is 0.465. The topological polar surface area (TPSA) is 18.5 Å². The molecule has 1 unspecified atom stereocenters. The molecule has 20 heavy (non-hydrogen) atoms.